The third-order valence-electron chi connectivity index (χ3n) is 5.39. The highest BCUT2D eigenvalue weighted by Crippen LogP contribution is 2.38. The molecule has 7 heteroatoms. The second-order valence-electron chi connectivity index (χ2n) is 7.12. The summed E-state index contributed by atoms with van der Waals surface area (Å²) in [5.74, 6) is 1.33. The zero-order chi connectivity index (χ0) is 16.6. The second kappa shape index (κ2) is 7.41. The Morgan fingerprint density at radius 1 is 1.12 bits per heavy atom. The van der Waals surface area contributed by atoms with Crippen LogP contribution in [0.4, 0.5) is 0 Å². The van der Waals surface area contributed by atoms with Crippen molar-refractivity contribution < 1.29 is 4.52 Å². The van der Waals surface area contributed by atoms with Gasteiger partial charge in [0.2, 0.25) is 5.89 Å². The van der Waals surface area contributed by atoms with Gasteiger partial charge in [-0.25, -0.2) is 0 Å². The van der Waals surface area contributed by atoms with Gasteiger partial charge in [-0.15, -0.1) is 12.4 Å². The number of benzene rings is 1. The lowest BCUT2D eigenvalue weighted by molar-refractivity contribution is 0.111. The van der Waals surface area contributed by atoms with Gasteiger partial charge in [-0.2, -0.15) is 4.98 Å². The van der Waals surface area contributed by atoms with Crippen molar-refractivity contribution in [1.29, 1.82) is 0 Å². The van der Waals surface area contributed by atoms with Crippen LogP contribution < -0.4 is 5.73 Å². The van der Waals surface area contributed by atoms with E-state index in [0.717, 1.165) is 45.4 Å². The van der Waals surface area contributed by atoms with Crippen LogP contribution in [0.25, 0.3) is 0 Å². The van der Waals surface area contributed by atoms with E-state index in [-0.39, 0.29) is 24.0 Å². The first-order chi connectivity index (χ1) is 11.7. The van der Waals surface area contributed by atoms with Crippen LogP contribution in [0.3, 0.4) is 0 Å². The van der Waals surface area contributed by atoms with E-state index < -0.39 is 0 Å². The highest BCUT2D eigenvalue weighted by Gasteiger charge is 2.40. The fourth-order valence-electron chi connectivity index (χ4n) is 3.55. The molecule has 1 aliphatic heterocycles. The van der Waals surface area contributed by atoms with E-state index in [2.05, 4.69) is 46.3 Å². The summed E-state index contributed by atoms with van der Waals surface area (Å²) in [6.07, 6.45) is 3.02. The van der Waals surface area contributed by atoms with Gasteiger partial charge in [0.05, 0.1) is 5.54 Å². The predicted molar refractivity (Wildman–Crippen MR) is 98.6 cm³/mol. The van der Waals surface area contributed by atoms with Crippen LogP contribution in [0.15, 0.2) is 34.9 Å². The lowest BCUT2D eigenvalue weighted by Crippen LogP contribution is -2.46. The summed E-state index contributed by atoms with van der Waals surface area (Å²) < 4.78 is 5.69. The molecule has 2 N–H and O–H groups in total. The summed E-state index contributed by atoms with van der Waals surface area (Å²) in [6, 6.07) is 10.4. The molecule has 0 spiro atoms. The van der Waals surface area contributed by atoms with Crippen molar-refractivity contribution in [3.63, 3.8) is 0 Å². The first-order valence-corrected chi connectivity index (χ1v) is 8.76. The van der Waals surface area contributed by atoms with Crippen molar-refractivity contribution in [2.75, 3.05) is 33.2 Å². The summed E-state index contributed by atoms with van der Waals surface area (Å²) in [5, 5.41) is 4.22. The summed E-state index contributed by atoms with van der Waals surface area (Å²) in [6.45, 7) is 4.07. The van der Waals surface area contributed by atoms with E-state index in [1.165, 1.54) is 5.56 Å². The molecule has 0 radical (unpaired) electrons. The molecule has 136 valence electrons. The van der Waals surface area contributed by atoms with Gasteiger partial charge in [0.25, 0.3) is 0 Å². The van der Waals surface area contributed by atoms with Gasteiger partial charge in [0, 0.05) is 26.2 Å². The maximum atomic E-state index is 6.37. The number of halogens is 1. The van der Waals surface area contributed by atoms with Crippen LogP contribution in [0.1, 0.15) is 42.6 Å². The van der Waals surface area contributed by atoms with Gasteiger partial charge in [-0.05, 0) is 31.9 Å². The Kier molecular flexibility index (Phi) is 5.43. The van der Waals surface area contributed by atoms with E-state index in [4.69, 9.17) is 15.2 Å². The molecule has 2 fully saturated rings. The molecule has 2 aliphatic rings. The maximum absolute atomic E-state index is 6.37. The number of hydrogen-bond acceptors (Lipinski definition) is 6. The molecule has 2 heterocycles. The number of nitrogens with two attached hydrogens (primary N) is 1. The summed E-state index contributed by atoms with van der Waals surface area (Å²) in [4.78, 5) is 9.49. The van der Waals surface area contributed by atoms with E-state index in [1.54, 1.807) is 0 Å². The Balaban J connectivity index is 0.00000182. The molecule has 1 atom stereocenters. The van der Waals surface area contributed by atoms with E-state index >= 15 is 0 Å². The van der Waals surface area contributed by atoms with Crippen LogP contribution in [-0.4, -0.2) is 53.2 Å². The molecule has 6 nitrogen and oxygen atoms in total. The largest absolute Gasteiger partial charge is 0.337 e. The van der Waals surface area contributed by atoms with Gasteiger partial charge >= 0.3 is 0 Å². The van der Waals surface area contributed by atoms with Crippen molar-refractivity contribution in [1.82, 2.24) is 19.9 Å². The minimum absolute atomic E-state index is 0. The van der Waals surface area contributed by atoms with Gasteiger partial charge in [0.15, 0.2) is 5.82 Å². The quantitative estimate of drug-likeness (QED) is 0.897. The predicted octanol–water partition coefficient (Wildman–Crippen LogP) is 2.17. The SMILES string of the molecule is CN1CCN(C(c2ccccc2)c2nc(C3(N)CCC3)no2)CC1.Cl. The molecule has 1 saturated carbocycles. The third-order valence-corrected chi connectivity index (χ3v) is 5.39. The Labute approximate surface area is 154 Å². The molecule has 2 aromatic rings. The number of hydrogen-bond donors (Lipinski definition) is 1. The molecule has 1 saturated heterocycles. The highest BCUT2D eigenvalue weighted by atomic mass is 35.5. The summed E-state index contributed by atoms with van der Waals surface area (Å²) >= 11 is 0. The minimum Gasteiger partial charge on any atom is -0.337 e. The Morgan fingerprint density at radius 2 is 1.80 bits per heavy atom. The fourth-order valence-corrected chi connectivity index (χ4v) is 3.55. The molecule has 1 aliphatic carbocycles. The second-order valence-corrected chi connectivity index (χ2v) is 7.12. The van der Waals surface area contributed by atoms with Gasteiger partial charge < -0.3 is 15.2 Å². The summed E-state index contributed by atoms with van der Waals surface area (Å²) in [5.41, 5.74) is 7.18. The number of piperazine rings is 1. The number of rotatable bonds is 4. The van der Waals surface area contributed by atoms with Crippen molar-refractivity contribution >= 4 is 12.4 Å². The first kappa shape index (κ1) is 18.3. The normalized spacial score (nSPS) is 22.0. The molecular formula is C18H26ClN5O. The van der Waals surface area contributed by atoms with Gasteiger partial charge in [-0.1, -0.05) is 35.5 Å². The van der Waals surface area contributed by atoms with Crippen molar-refractivity contribution in [2.24, 2.45) is 5.73 Å². The number of nitrogens with zero attached hydrogens (tertiary/aromatic N) is 4. The lowest BCUT2D eigenvalue weighted by atomic mass is 9.77. The fraction of sp³-hybridized carbons (Fsp3) is 0.556. The number of aromatic nitrogens is 2. The smallest absolute Gasteiger partial charge is 0.248 e. The molecule has 1 aromatic carbocycles. The number of likely N-dealkylation sites (N-methyl/N-ethyl adjacent to an activating group) is 1. The molecule has 1 unspecified atom stereocenters. The monoisotopic (exact) mass is 363 g/mol. The summed E-state index contributed by atoms with van der Waals surface area (Å²) in [7, 11) is 2.16. The first-order valence-electron chi connectivity index (χ1n) is 8.76. The lowest BCUT2D eigenvalue weighted by Gasteiger charge is -2.36. The van der Waals surface area contributed by atoms with E-state index in [0.29, 0.717) is 11.7 Å². The van der Waals surface area contributed by atoms with Gasteiger partial charge in [0.1, 0.15) is 6.04 Å². The van der Waals surface area contributed by atoms with Crippen LogP contribution in [-0.2, 0) is 5.54 Å². The van der Waals surface area contributed by atoms with E-state index in [9.17, 15) is 0 Å². The maximum Gasteiger partial charge on any atom is 0.248 e. The topological polar surface area (TPSA) is 71.4 Å². The van der Waals surface area contributed by atoms with Crippen LogP contribution in [0.5, 0.6) is 0 Å². The van der Waals surface area contributed by atoms with E-state index in [1.807, 2.05) is 6.07 Å². The zero-order valence-corrected chi connectivity index (χ0v) is 15.4. The average molecular weight is 364 g/mol. The van der Waals surface area contributed by atoms with Crippen molar-refractivity contribution in [3.8, 4) is 0 Å². The molecule has 1 aromatic heterocycles. The van der Waals surface area contributed by atoms with Crippen molar-refractivity contribution in [2.45, 2.75) is 30.8 Å². The van der Waals surface area contributed by atoms with Crippen LogP contribution >= 0.6 is 12.4 Å². The highest BCUT2D eigenvalue weighted by molar-refractivity contribution is 5.85. The average Bonchev–Trinajstić information content (AvgIpc) is 3.06. The van der Waals surface area contributed by atoms with Gasteiger partial charge in [-0.3, -0.25) is 4.90 Å². The van der Waals surface area contributed by atoms with Crippen molar-refractivity contribution in [3.05, 3.63) is 47.6 Å². The Bertz CT molecular complexity index is 680. The molecule has 25 heavy (non-hydrogen) atoms. The molecule has 0 amide bonds. The Hall–Kier alpha value is -1.47. The third kappa shape index (κ3) is 3.58. The molecule has 0 bridgehead atoms. The molecule has 4 rings (SSSR count). The zero-order valence-electron chi connectivity index (χ0n) is 14.6. The Morgan fingerprint density at radius 3 is 2.40 bits per heavy atom. The van der Waals surface area contributed by atoms with Crippen LogP contribution in [0, 0.1) is 0 Å². The molecular weight excluding hydrogens is 338 g/mol. The van der Waals surface area contributed by atoms with Crippen LogP contribution in [0.2, 0.25) is 0 Å². The minimum atomic E-state index is -0.384. The standard InChI is InChI=1S/C18H25N5O.ClH/c1-22-10-12-23(13-11-22)15(14-6-3-2-4-7-14)16-20-17(21-24-16)18(19)8-5-9-18;/h2-4,6-7,15H,5,8-13,19H2,1H3;1H.